The van der Waals surface area contributed by atoms with E-state index in [0.717, 1.165) is 63.7 Å². The highest BCUT2D eigenvalue weighted by Crippen LogP contribution is 2.43. The Balaban J connectivity index is 0.787. The predicted molar refractivity (Wildman–Crippen MR) is 225 cm³/mol. The summed E-state index contributed by atoms with van der Waals surface area (Å²) in [6, 6.07) is 0.553. The Morgan fingerprint density at radius 3 is 2.44 bits per heavy atom. The van der Waals surface area contributed by atoms with Gasteiger partial charge in [0.05, 0.1) is 30.4 Å². The molecule has 0 radical (unpaired) electrons. The molecule has 0 aromatic rings. The topological polar surface area (TPSA) is 198 Å². The maximum atomic E-state index is 14.3. The van der Waals surface area contributed by atoms with E-state index in [0.29, 0.717) is 47.4 Å². The lowest BCUT2D eigenvalue weighted by Gasteiger charge is -2.43. The Kier molecular flexibility index (Phi) is 14.5. The average Bonchev–Trinajstić information content (AvgIpc) is 4.03. The van der Waals surface area contributed by atoms with Crippen LogP contribution in [0.25, 0.3) is 0 Å². The SMILES string of the molecule is CC1NCSC1C1CCC([C@H](C)NC(=O)[C@@H]2C[C@@H](O)CN2C(=O)[C@H](C(C)C)C2CC(OCC(=O)N[C@@H]3CCC4NC5NNC(C6CCCCC6O)CC5C4C3)NO2)CC1. The van der Waals surface area contributed by atoms with E-state index < -0.39 is 30.4 Å². The number of hydrogen-bond donors (Lipinski definition) is 9. The number of aliphatic hydroxyl groups is 2. The number of hydrazine groups is 1. The number of amides is 3. The van der Waals surface area contributed by atoms with Crippen molar-refractivity contribution in [2.24, 2.45) is 41.4 Å². The summed E-state index contributed by atoms with van der Waals surface area (Å²) in [7, 11) is 0. The molecule has 9 N–H and O–H groups in total. The maximum Gasteiger partial charge on any atom is 0.246 e. The summed E-state index contributed by atoms with van der Waals surface area (Å²) in [6.45, 7) is 8.32. The van der Waals surface area contributed by atoms with E-state index in [2.05, 4.69) is 51.4 Å². The molecular weight excluding hydrogens is 773 g/mol. The fourth-order valence-electron chi connectivity index (χ4n) is 12.6. The molecule has 0 spiro atoms. The highest BCUT2D eigenvalue weighted by atomic mass is 32.2. The summed E-state index contributed by atoms with van der Waals surface area (Å²) in [6.07, 6.45) is 11.3. The van der Waals surface area contributed by atoms with Crippen LogP contribution in [0.1, 0.15) is 118 Å². The van der Waals surface area contributed by atoms with Crippen molar-refractivity contribution in [3.05, 3.63) is 0 Å². The first-order chi connectivity index (χ1) is 28.4. The van der Waals surface area contributed by atoms with Gasteiger partial charge in [-0.3, -0.25) is 30.0 Å². The number of rotatable bonds is 12. The van der Waals surface area contributed by atoms with E-state index >= 15 is 0 Å². The van der Waals surface area contributed by atoms with Crippen molar-refractivity contribution in [3.8, 4) is 0 Å². The Hall–Kier alpha value is -1.60. The largest absolute Gasteiger partial charge is 0.393 e. The second kappa shape index (κ2) is 19.4. The summed E-state index contributed by atoms with van der Waals surface area (Å²) >= 11 is 2.04. The van der Waals surface area contributed by atoms with Crippen molar-refractivity contribution in [1.29, 1.82) is 0 Å². The summed E-state index contributed by atoms with van der Waals surface area (Å²) in [4.78, 5) is 48.8. The van der Waals surface area contributed by atoms with E-state index in [-0.39, 0.29) is 79.5 Å². The third kappa shape index (κ3) is 9.97. The van der Waals surface area contributed by atoms with Crippen molar-refractivity contribution in [3.63, 3.8) is 0 Å². The molecule has 15 nitrogen and oxygen atoms in total. The average molecular weight is 847 g/mol. The van der Waals surface area contributed by atoms with Gasteiger partial charge >= 0.3 is 0 Å². The Labute approximate surface area is 355 Å². The number of nitrogens with zero attached hydrogens (tertiary/aromatic N) is 1. The molecule has 0 aromatic heterocycles. The van der Waals surface area contributed by atoms with E-state index in [1.807, 2.05) is 25.6 Å². The lowest BCUT2D eigenvalue weighted by atomic mass is 9.71. The highest BCUT2D eigenvalue weighted by molar-refractivity contribution is 8.00. The predicted octanol–water partition coefficient (Wildman–Crippen LogP) is 1.84. The van der Waals surface area contributed by atoms with Crippen LogP contribution in [0.3, 0.4) is 0 Å². The minimum absolute atomic E-state index is 0.00769. The first-order valence-electron chi connectivity index (χ1n) is 23.3. The van der Waals surface area contributed by atoms with Gasteiger partial charge in [0, 0.05) is 66.6 Å². The molecule has 5 saturated heterocycles. The fourth-order valence-corrected chi connectivity index (χ4v) is 14.1. The summed E-state index contributed by atoms with van der Waals surface area (Å²) in [5.41, 5.74) is 9.99. The van der Waals surface area contributed by atoms with E-state index in [9.17, 15) is 24.6 Å². The van der Waals surface area contributed by atoms with Crippen molar-refractivity contribution in [1.82, 2.24) is 42.5 Å². The number of hydroxylamine groups is 1. The number of thioether (sulfide) groups is 1. The molecule has 8 aliphatic rings. The zero-order chi connectivity index (χ0) is 41.4. The van der Waals surface area contributed by atoms with Gasteiger partial charge in [-0.2, -0.15) is 5.48 Å². The smallest absolute Gasteiger partial charge is 0.246 e. The maximum absolute atomic E-state index is 14.3. The fraction of sp³-hybridized carbons (Fsp3) is 0.930. The number of likely N-dealkylation sites (tertiary alicyclic amines) is 1. The lowest BCUT2D eigenvalue weighted by molar-refractivity contribution is -0.149. The molecule has 16 heteroatoms. The molecule has 3 saturated carbocycles. The van der Waals surface area contributed by atoms with Crippen LogP contribution in [0.5, 0.6) is 0 Å². The molecule has 59 heavy (non-hydrogen) atoms. The van der Waals surface area contributed by atoms with Gasteiger partial charge in [-0.05, 0) is 108 Å². The molecule has 0 aromatic carbocycles. The second-order valence-electron chi connectivity index (χ2n) is 20.0. The molecule has 8 fully saturated rings. The molecule has 5 aliphatic heterocycles. The molecule has 3 amide bonds. The van der Waals surface area contributed by atoms with Gasteiger partial charge in [0.15, 0.2) is 0 Å². The minimum Gasteiger partial charge on any atom is -0.393 e. The van der Waals surface area contributed by atoms with Gasteiger partial charge in [-0.15, -0.1) is 11.8 Å². The molecule has 334 valence electrons. The molecule has 16 atom stereocenters. The van der Waals surface area contributed by atoms with Crippen molar-refractivity contribution in [2.45, 2.75) is 190 Å². The van der Waals surface area contributed by atoms with Crippen LogP contribution >= 0.6 is 11.8 Å². The van der Waals surface area contributed by atoms with Crippen LogP contribution in [0.4, 0.5) is 0 Å². The number of nitrogens with one attached hydrogen (secondary N) is 7. The normalized spacial score (nSPS) is 43.5. The van der Waals surface area contributed by atoms with Crippen LogP contribution < -0.4 is 37.6 Å². The van der Waals surface area contributed by atoms with Gasteiger partial charge in [0.1, 0.15) is 18.9 Å². The highest BCUT2D eigenvalue weighted by Gasteiger charge is 2.50. The zero-order valence-electron chi connectivity index (χ0n) is 35.8. The Bertz CT molecular complexity index is 1460. The van der Waals surface area contributed by atoms with Gasteiger partial charge in [0.2, 0.25) is 17.7 Å². The zero-order valence-corrected chi connectivity index (χ0v) is 36.6. The van der Waals surface area contributed by atoms with Crippen LogP contribution in [0.2, 0.25) is 0 Å². The molecule has 11 unspecified atom stereocenters. The minimum atomic E-state index is -0.768. The van der Waals surface area contributed by atoms with E-state index in [1.54, 1.807) is 4.90 Å². The van der Waals surface area contributed by atoms with Gasteiger partial charge in [-0.1, -0.05) is 26.7 Å². The number of carbonyl (C=O) groups excluding carboxylic acids is 3. The number of hydrogen-bond acceptors (Lipinski definition) is 13. The van der Waals surface area contributed by atoms with Crippen molar-refractivity contribution >= 4 is 29.5 Å². The van der Waals surface area contributed by atoms with E-state index in [1.165, 1.54) is 19.3 Å². The van der Waals surface area contributed by atoms with Crippen LogP contribution in [0.15, 0.2) is 0 Å². The first-order valence-corrected chi connectivity index (χ1v) is 24.4. The molecule has 0 bridgehead atoms. The van der Waals surface area contributed by atoms with Gasteiger partial charge < -0.3 is 35.8 Å². The van der Waals surface area contributed by atoms with Crippen LogP contribution in [-0.4, -0.2) is 124 Å². The third-order valence-electron chi connectivity index (χ3n) is 15.9. The van der Waals surface area contributed by atoms with Crippen LogP contribution in [-0.2, 0) is 24.0 Å². The second-order valence-corrected chi connectivity index (χ2v) is 21.2. The monoisotopic (exact) mass is 847 g/mol. The quantitative estimate of drug-likeness (QED) is 0.138. The summed E-state index contributed by atoms with van der Waals surface area (Å²) in [5.74, 6) is 2.10. The Morgan fingerprint density at radius 2 is 1.69 bits per heavy atom. The summed E-state index contributed by atoms with van der Waals surface area (Å²) in [5, 5.41) is 36.0. The molecule has 3 aliphatic carbocycles. The van der Waals surface area contributed by atoms with Gasteiger partial charge in [0.25, 0.3) is 0 Å². The standard InChI is InChI=1S/C43H74N8O7S/c1-22(2)39(43(56)51-19-28(52)16-34(51)42(55)45-23(3)25-9-11-26(12-10-25)40-24(4)44-21-59-40)36-18-38(50-58-36)57-20-37(54)46-27-13-14-32-30(15-27)31-17-33(48-49-41(31)47-32)29-7-5-6-8-35(29)53/h22-36,38-41,44,47-50,52-53H,5-21H2,1-4H3,(H,45,55)(H,46,54)/t23-,24?,25?,26?,27+,28+,29?,30?,31?,32?,33?,34-,35?,36?,38?,39+,40?,41?/m0/s1. The van der Waals surface area contributed by atoms with E-state index in [4.69, 9.17) is 9.57 Å². The summed E-state index contributed by atoms with van der Waals surface area (Å²) < 4.78 is 6.02. The van der Waals surface area contributed by atoms with Crippen molar-refractivity contribution in [2.75, 3.05) is 19.0 Å². The number of carbonyl (C=O) groups is 3. The number of fused-ring (bicyclic) bond motifs is 3. The molecular formula is C43H74N8O7S. The van der Waals surface area contributed by atoms with Crippen molar-refractivity contribution < 1.29 is 34.2 Å². The molecule has 5 heterocycles. The lowest BCUT2D eigenvalue weighted by Crippen LogP contribution is -2.62. The number of ether oxygens (including phenoxy) is 1. The first kappa shape index (κ1) is 44.0. The Morgan fingerprint density at radius 1 is 0.898 bits per heavy atom. The van der Waals surface area contributed by atoms with Gasteiger partial charge in [-0.25, -0.2) is 5.43 Å². The number of β-amino-alcohol motifs (C(OH)–C–C–N with tert-alkyl or cyclic N) is 1. The van der Waals surface area contributed by atoms with Crippen LogP contribution in [0, 0.1) is 41.4 Å². The third-order valence-corrected chi connectivity index (χ3v) is 17.4. The number of aliphatic hydroxyl groups excluding tert-OH is 2. The molecule has 8 rings (SSSR count).